The van der Waals surface area contributed by atoms with Gasteiger partial charge in [-0.15, -0.1) is 0 Å². The highest BCUT2D eigenvalue weighted by molar-refractivity contribution is 5.95. The van der Waals surface area contributed by atoms with E-state index in [4.69, 9.17) is 4.42 Å². The number of rotatable bonds is 2. The van der Waals surface area contributed by atoms with Crippen LogP contribution >= 0.6 is 0 Å². The average molecular weight is 226 g/mol. The first-order valence-corrected chi connectivity index (χ1v) is 4.32. The van der Waals surface area contributed by atoms with Gasteiger partial charge < -0.3 is 13.9 Å². The van der Waals surface area contributed by atoms with Gasteiger partial charge in [-0.05, 0) is 13.0 Å². The van der Waals surface area contributed by atoms with E-state index in [0.29, 0.717) is 0 Å². The summed E-state index contributed by atoms with van der Waals surface area (Å²) in [6, 6.07) is 1.10. The summed E-state index contributed by atoms with van der Waals surface area (Å²) >= 11 is 0. The summed E-state index contributed by atoms with van der Waals surface area (Å²) in [5.41, 5.74) is -1.17. The van der Waals surface area contributed by atoms with Gasteiger partial charge in [-0.1, -0.05) is 0 Å². The quantitative estimate of drug-likeness (QED) is 0.683. The number of hydrogen-bond donors (Lipinski definition) is 0. The van der Waals surface area contributed by atoms with Gasteiger partial charge >= 0.3 is 17.6 Å². The molecule has 86 valence electrons. The highest BCUT2D eigenvalue weighted by Crippen LogP contribution is 2.09. The minimum atomic E-state index is -0.862. The lowest BCUT2D eigenvalue weighted by Gasteiger charge is -2.04. The Hall–Kier alpha value is -2.11. The van der Waals surface area contributed by atoms with Crippen LogP contribution in [0, 0.1) is 6.92 Å². The van der Waals surface area contributed by atoms with E-state index in [1.165, 1.54) is 14.0 Å². The molecule has 16 heavy (non-hydrogen) atoms. The summed E-state index contributed by atoms with van der Waals surface area (Å²) in [5.74, 6) is -1.46. The van der Waals surface area contributed by atoms with Crippen LogP contribution in [0.25, 0.3) is 0 Å². The first kappa shape index (κ1) is 12.0. The summed E-state index contributed by atoms with van der Waals surface area (Å²) in [6.07, 6.45) is 0. The predicted octanol–water partition coefficient (Wildman–Crippen LogP) is 0.521. The third kappa shape index (κ3) is 2.10. The zero-order valence-corrected chi connectivity index (χ0v) is 9.03. The average Bonchev–Trinajstić information content (AvgIpc) is 2.27. The fourth-order valence-electron chi connectivity index (χ4n) is 1.12. The fraction of sp³-hybridized carbons (Fsp3) is 0.300. The molecule has 0 unspecified atom stereocenters. The van der Waals surface area contributed by atoms with Gasteiger partial charge in [-0.2, -0.15) is 0 Å². The Kier molecular flexibility index (Phi) is 3.44. The molecule has 0 fully saturated rings. The molecule has 0 amide bonds. The number of esters is 2. The minimum absolute atomic E-state index is 0.0162. The zero-order valence-electron chi connectivity index (χ0n) is 9.03. The Bertz CT molecular complexity index is 485. The molecular formula is C10H10O6. The maximum absolute atomic E-state index is 11.3. The van der Waals surface area contributed by atoms with Gasteiger partial charge in [0.15, 0.2) is 0 Å². The van der Waals surface area contributed by atoms with Crippen LogP contribution in [0.2, 0.25) is 0 Å². The van der Waals surface area contributed by atoms with Gasteiger partial charge in [-0.25, -0.2) is 14.4 Å². The molecule has 0 aromatic carbocycles. The lowest BCUT2D eigenvalue weighted by Crippen LogP contribution is -2.18. The van der Waals surface area contributed by atoms with Crippen LogP contribution < -0.4 is 5.63 Å². The number of aryl methyl sites for hydroxylation is 1. The molecular weight excluding hydrogens is 216 g/mol. The largest absolute Gasteiger partial charge is 0.465 e. The van der Waals surface area contributed by atoms with E-state index in [2.05, 4.69) is 9.47 Å². The second-order valence-corrected chi connectivity index (χ2v) is 2.90. The number of hydrogen-bond acceptors (Lipinski definition) is 6. The maximum atomic E-state index is 11.3. The smallest absolute Gasteiger partial charge is 0.350 e. The second kappa shape index (κ2) is 4.61. The summed E-state index contributed by atoms with van der Waals surface area (Å²) in [7, 11) is 2.31. The van der Waals surface area contributed by atoms with Crippen LogP contribution in [0.1, 0.15) is 26.5 Å². The van der Waals surface area contributed by atoms with Gasteiger partial charge in [-0.3, -0.25) is 0 Å². The first-order valence-electron chi connectivity index (χ1n) is 4.32. The van der Waals surface area contributed by atoms with Crippen molar-refractivity contribution >= 4 is 11.9 Å². The van der Waals surface area contributed by atoms with Crippen molar-refractivity contribution in [2.75, 3.05) is 14.2 Å². The molecule has 6 heteroatoms. The predicted molar refractivity (Wildman–Crippen MR) is 52.4 cm³/mol. The van der Waals surface area contributed by atoms with Crippen molar-refractivity contribution < 1.29 is 23.5 Å². The molecule has 1 rings (SSSR count). The van der Waals surface area contributed by atoms with Crippen molar-refractivity contribution in [1.82, 2.24) is 0 Å². The number of carbonyl (C=O) groups is 2. The maximum Gasteiger partial charge on any atom is 0.350 e. The Balaban J connectivity index is 3.38. The van der Waals surface area contributed by atoms with Crippen LogP contribution in [-0.4, -0.2) is 26.2 Å². The standard InChI is InChI=1S/C10H10O6/c1-5-6(8(11)14-2)4-7(9(12)15-3)10(13)16-5/h4H,1-3H3. The summed E-state index contributed by atoms with van der Waals surface area (Å²) in [6.45, 7) is 1.43. The Morgan fingerprint density at radius 2 is 1.62 bits per heavy atom. The molecule has 1 aromatic heterocycles. The van der Waals surface area contributed by atoms with Crippen molar-refractivity contribution in [2.45, 2.75) is 6.92 Å². The first-order chi connectivity index (χ1) is 7.51. The summed E-state index contributed by atoms with van der Waals surface area (Å²) in [5, 5.41) is 0. The normalized spacial score (nSPS) is 9.69. The molecule has 0 spiro atoms. The molecule has 0 N–H and O–H groups in total. The minimum Gasteiger partial charge on any atom is -0.465 e. The highest BCUT2D eigenvalue weighted by atomic mass is 16.5. The molecule has 1 aromatic rings. The number of carbonyl (C=O) groups excluding carboxylic acids is 2. The van der Waals surface area contributed by atoms with Gasteiger partial charge in [0.1, 0.15) is 11.3 Å². The van der Waals surface area contributed by atoms with Gasteiger partial charge in [0, 0.05) is 0 Å². The molecule has 0 bridgehead atoms. The van der Waals surface area contributed by atoms with Crippen molar-refractivity contribution in [3.8, 4) is 0 Å². The Morgan fingerprint density at radius 1 is 1.12 bits per heavy atom. The van der Waals surface area contributed by atoms with Crippen LogP contribution in [0.15, 0.2) is 15.3 Å². The van der Waals surface area contributed by atoms with Crippen LogP contribution in [0.3, 0.4) is 0 Å². The van der Waals surface area contributed by atoms with Crippen molar-refractivity contribution in [3.63, 3.8) is 0 Å². The molecule has 6 nitrogen and oxygen atoms in total. The van der Waals surface area contributed by atoms with Crippen molar-refractivity contribution in [2.24, 2.45) is 0 Å². The van der Waals surface area contributed by atoms with Crippen LogP contribution in [-0.2, 0) is 9.47 Å². The van der Waals surface area contributed by atoms with E-state index in [0.717, 1.165) is 13.2 Å². The lowest BCUT2D eigenvalue weighted by atomic mass is 10.1. The molecule has 0 saturated carbocycles. The molecule has 0 radical (unpaired) electrons. The summed E-state index contributed by atoms with van der Waals surface area (Å²) < 4.78 is 13.6. The SMILES string of the molecule is COC(=O)c1cc(C(=O)OC)c(=O)oc1C. The monoisotopic (exact) mass is 226 g/mol. The van der Waals surface area contributed by atoms with Crippen LogP contribution in [0.5, 0.6) is 0 Å². The summed E-state index contributed by atoms with van der Waals surface area (Å²) in [4.78, 5) is 33.7. The third-order valence-corrected chi connectivity index (χ3v) is 1.94. The Labute approximate surface area is 90.8 Å². The van der Waals surface area contributed by atoms with Crippen molar-refractivity contribution in [1.29, 1.82) is 0 Å². The lowest BCUT2D eigenvalue weighted by molar-refractivity contribution is 0.0590. The molecule has 0 saturated heterocycles. The van der Waals surface area contributed by atoms with Gasteiger partial charge in [0.05, 0.1) is 19.8 Å². The van der Waals surface area contributed by atoms with Gasteiger partial charge in [0.2, 0.25) is 0 Å². The molecule has 0 aliphatic rings. The molecule has 0 atom stereocenters. The van der Waals surface area contributed by atoms with Crippen molar-refractivity contribution in [3.05, 3.63) is 33.4 Å². The topological polar surface area (TPSA) is 82.8 Å². The fourth-order valence-corrected chi connectivity index (χ4v) is 1.12. The van der Waals surface area contributed by atoms with Crippen LogP contribution in [0.4, 0.5) is 0 Å². The van der Waals surface area contributed by atoms with E-state index >= 15 is 0 Å². The molecule has 0 aliphatic carbocycles. The number of methoxy groups -OCH3 is 2. The van der Waals surface area contributed by atoms with Gasteiger partial charge in [0.25, 0.3) is 0 Å². The van der Waals surface area contributed by atoms with E-state index < -0.39 is 17.6 Å². The Morgan fingerprint density at radius 3 is 2.12 bits per heavy atom. The zero-order chi connectivity index (χ0) is 12.3. The molecule has 1 heterocycles. The highest BCUT2D eigenvalue weighted by Gasteiger charge is 2.19. The second-order valence-electron chi connectivity index (χ2n) is 2.90. The van der Waals surface area contributed by atoms with E-state index in [-0.39, 0.29) is 16.9 Å². The van der Waals surface area contributed by atoms with E-state index in [9.17, 15) is 14.4 Å². The molecule has 0 aliphatic heterocycles. The van der Waals surface area contributed by atoms with E-state index in [1.54, 1.807) is 0 Å². The number of ether oxygens (including phenoxy) is 2. The van der Waals surface area contributed by atoms with E-state index in [1.807, 2.05) is 0 Å². The third-order valence-electron chi connectivity index (χ3n) is 1.94.